The van der Waals surface area contributed by atoms with E-state index < -0.39 is 5.91 Å². The summed E-state index contributed by atoms with van der Waals surface area (Å²) < 4.78 is 15.4. The summed E-state index contributed by atoms with van der Waals surface area (Å²) in [7, 11) is 0. The molecule has 156 valence electrons. The maximum Gasteiger partial charge on any atom is 0.274 e. The number of halogens is 1. The number of hydrogen-bond donors (Lipinski definition) is 2. The lowest BCUT2D eigenvalue weighted by atomic mass is 10.2. The highest BCUT2D eigenvalue weighted by molar-refractivity contribution is 7.97. The first-order valence-corrected chi connectivity index (χ1v) is 10.8. The van der Waals surface area contributed by atoms with Crippen LogP contribution in [0.3, 0.4) is 0 Å². The lowest BCUT2D eigenvalue weighted by molar-refractivity contribution is 0.0940. The molecular weight excluding hydrogens is 405 g/mol. The summed E-state index contributed by atoms with van der Waals surface area (Å²) in [6.45, 7) is 2.46. The third-order valence-corrected chi connectivity index (χ3v) is 4.93. The first-order chi connectivity index (χ1) is 14.5. The molecule has 2 N–H and O–H groups in total. The van der Waals surface area contributed by atoms with Crippen molar-refractivity contribution in [3.63, 3.8) is 0 Å². The number of thioether (sulfide) groups is 1. The molecule has 3 rings (SSSR count). The van der Waals surface area contributed by atoms with Crippen LogP contribution in [0.15, 0.2) is 48.5 Å². The Morgan fingerprint density at radius 3 is 2.47 bits per heavy atom. The molecule has 0 radical (unpaired) electrons. The summed E-state index contributed by atoms with van der Waals surface area (Å²) in [5.41, 5.74) is 2.43. The van der Waals surface area contributed by atoms with Crippen molar-refractivity contribution in [3.8, 4) is 5.69 Å². The minimum Gasteiger partial charge on any atom is -0.352 e. The largest absolute Gasteiger partial charge is 0.352 e. The fourth-order valence-corrected chi connectivity index (χ4v) is 3.40. The standard InChI is InChI=1S/C21H22FN5O2S/c1-3-23-20(28)14-8-10-16(11-9-14)27-18(13-30-2)19(25-26-27)21(29)24-12-15-6-4-5-7-17(15)22/h4-11H,3,12-13H2,1-2H3,(H,23,28)(H,24,29). The summed E-state index contributed by atoms with van der Waals surface area (Å²) in [6.07, 6.45) is 1.91. The van der Waals surface area contributed by atoms with Crippen LogP contribution in [0.25, 0.3) is 5.69 Å². The molecule has 0 aliphatic rings. The first kappa shape index (κ1) is 21.5. The van der Waals surface area contributed by atoms with E-state index in [1.165, 1.54) is 17.8 Å². The fraction of sp³-hybridized carbons (Fsp3) is 0.238. The molecular formula is C21H22FN5O2S. The molecule has 1 heterocycles. The Morgan fingerprint density at radius 1 is 1.07 bits per heavy atom. The van der Waals surface area contributed by atoms with Gasteiger partial charge in [-0.15, -0.1) is 5.10 Å². The van der Waals surface area contributed by atoms with Crippen molar-refractivity contribution in [2.24, 2.45) is 0 Å². The summed E-state index contributed by atoms with van der Waals surface area (Å²) in [5, 5.41) is 13.6. The maximum atomic E-state index is 13.8. The molecule has 2 aromatic carbocycles. The molecule has 0 aliphatic carbocycles. The van der Waals surface area contributed by atoms with E-state index in [1.807, 2.05) is 13.2 Å². The third kappa shape index (κ3) is 4.85. The summed E-state index contributed by atoms with van der Waals surface area (Å²) in [6, 6.07) is 13.2. The topological polar surface area (TPSA) is 88.9 Å². The van der Waals surface area contributed by atoms with Crippen molar-refractivity contribution >= 4 is 23.6 Å². The molecule has 2 amide bonds. The lowest BCUT2D eigenvalue weighted by Crippen LogP contribution is -2.25. The van der Waals surface area contributed by atoms with E-state index in [9.17, 15) is 14.0 Å². The monoisotopic (exact) mass is 427 g/mol. The second-order valence-corrected chi connectivity index (χ2v) is 7.28. The Hall–Kier alpha value is -3.20. The van der Waals surface area contributed by atoms with Crippen LogP contribution >= 0.6 is 11.8 Å². The molecule has 0 fully saturated rings. The average Bonchev–Trinajstić information content (AvgIpc) is 3.17. The molecule has 0 bridgehead atoms. The van der Waals surface area contributed by atoms with Crippen molar-refractivity contribution in [1.82, 2.24) is 25.6 Å². The molecule has 3 aromatic rings. The zero-order valence-corrected chi connectivity index (χ0v) is 17.5. The van der Waals surface area contributed by atoms with E-state index in [4.69, 9.17) is 0 Å². The predicted molar refractivity (Wildman–Crippen MR) is 114 cm³/mol. The Kier molecular flexibility index (Phi) is 7.18. The van der Waals surface area contributed by atoms with Gasteiger partial charge in [-0.1, -0.05) is 23.4 Å². The van der Waals surface area contributed by atoms with Gasteiger partial charge in [-0.3, -0.25) is 9.59 Å². The van der Waals surface area contributed by atoms with Gasteiger partial charge in [-0.2, -0.15) is 11.8 Å². The smallest absolute Gasteiger partial charge is 0.274 e. The summed E-state index contributed by atoms with van der Waals surface area (Å²) in [4.78, 5) is 24.6. The Bertz CT molecular complexity index is 1040. The van der Waals surface area contributed by atoms with Crippen LogP contribution in [0.4, 0.5) is 4.39 Å². The van der Waals surface area contributed by atoms with Gasteiger partial charge in [0.05, 0.1) is 11.4 Å². The van der Waals surface area contributed by atoms with E-state index in [0.29, 0.717) is 34.8 Å². The minimum absolute atomic E-state index is 0.0539. The van der Waals surface area contributed by atoms with Crippen molar-refractivity contribution in [1.29, 1.82) is 0 Å². The number of carbonyl (C=O) groups is 2. The molecule has 0 saturated heterocycles. The highest BCUT2D eigenvalue weighted by atomic mass is 32.2. The van der Waals surface area contributed by atoms with Gasteiger partial charge in [0.25, 0.3) is 11.8 Å². The van der Waals surface area contributed by atoms with Crippen molar-refractivity contribution in [2.45, 2.75) is 19.2 Å². The van der Waals surface area contributed by atoms with Crippen LogP contribution in [0.5, 0.6) is 0 Å². The van der Waals surface area contributed by atoms with Gasteiger partial charge >= 0.3 is 0 Å². The van der Waals surface area contributed by atoms with Crippen LogP contribution in [-0.4, -0.2) is 39.6 Å². The maximum absolute atomic E-state index is 13.8. The molecule has 0 unspecified atom stereocenters. The zero-order chi connectivity index (χ0) is 21.5. The van der Waals surface area contributed by atoms with Gasteiger partial charge in [0.15, 0.2) is 5.69 Å². The normalized spacial score (nSPS) is 10.6. The molecule has 0 atom stereocenters. The van der Waals surface area contributed by atoms with E-state index >= 15 is 0 Å². The summed E-state index contributed by atoms with van der Waals surface area (Å²) >= 11 is 1.53. The highest BCUT2D eigenvalue weighted by Gasteiger charge is 2.20. The predicted octanol–water partition coefficient (Wildman–Crippen LogP) is 2.95. The Labute approximate surface area is 178 Å². The van der Waals surface area contributed by atoms with Gasteiger partial charge in [0.2, 0.25) is 0 Å². The van der Waals surface area contributed by atoms with Crippen LogP contribution in [0, 0.1) is 5.82 Å². The molecule has 30 heavy (non-hydrogen) atoms. The Morgan fingerprint density at radius 2 is 1.80 bits per heavy atom. The molecule has 1 aromatic heterocycles. The number of hydrogen-bond acceptors (Lipinski definition) is 5. The van der Waals surface area contributed by atoms with E-state index in [2.05, 4.69) is 20.9 Å². The quantitative estimate of drug-likeness (QED) is 0.577. The van der Waals surface area contributed by atoms with Crippen molar-refractivity contribution < 1.29 is 14.0 Å². The van der Waals surface area contributed by atoms with Crippen molar-refractivity contribution in [2.75, 3.05) is 12.8 Å². The molecule has 0 saturated carbocycles. The van der Waals surface area contributed by atoms with E-state index in [0.717, 1.165) is 0 Å². The van der Waals surface area contributed by atoms with E-state index in [-0.39, 0.29) is 24.0 Å². The minimum atomic E-state index is -0.424. The molecule has 7 nitrogen and oxygen atoms in total. The number of amides is 2. The number of carbonyl (C=O) groups excluding carboxylic acids is 2. The zero-order valence-electron chi connectivity index (χ0n) is 16.7. The average molecular weight is 428 g/mol. The number of nitrogens with zero attached hydrogens (tertiary/aromatic N) is 3. The van der Waals surface area contributed by atoms with Crippen LogP contribution in [0.1, 0.15) is 39.0 Å². The van der Waals surface area contributed by atoms with Crippen LogP contribution in [0.2, 0.25) is 0 Å². The Balaban J connectivity index is 1.81. The van der Waals surface area contributed by atoms with Crippen molar-refractivity contribution in [3.05, 3.63) is 76.9 Å². The van der Waals surface area contributed by atoms with Crippen LogP contribution < -0.4 is 10.6 Å². The van der Waals surface area contributed by atoms with Gasteiger partial charge in [-0.05, 0) is 43.5 Å². The number of aromatic nitrogens is 3. The fourth-order valence-electron chi connectivity index (χ4n) is 2.87. The van der Waals surface area contributed by atoms with Gasteiger partial charge in [-0.25, -0.2) is 9.07 Å². The highest BCUT2D eigenvalue weighted by Crippen LogP contribution is 2.18. The first-order valence-electron chi connectivity index (χ1n) is 9.39. The second kappa shape index (κ2) is 10.0. The summed E-state index contributed by atoms with van der Waals surface area (Å²) in [5.74, 6) is -0.446. The van der Waals surface area contributed by atoms with Gasteiger partial charge in [0, 0.05) is 30.0 Å². The molecule has 0 aliphatic heterocycles. The third-order valence-electron chi connectivity index (χ3n) is 4.37. The van der Waals surface area contributed by atoms with Gasteiger partial charge in [0.1, 0.15) is 5.82 Å². The second-order valence-electron chi connectivity index (χ2n) is 6.41. The van der Waals surface area contributed by atoms with E-state index in [1.54, 1.807) is 47.1 Å². The molecule has 9 heteroatoms. The molecule has 0 spiro atoms. The van der Waals surface area contributed by atoms with Crippen LogP contribution in [-0.2, 0) is 12.3 Å². The number of nitrogens with one attached hydrogen (secondary N) is 2. The number of rotatable bonds is 8. The van der Waals surface area contributed by atoms with Gasteiger partial charge < -0.3 is 10.6 Å². The SMILES string of the molecule is CCNC(=O)c1ccc(-n2nnc(C(=O)NCc3ccccc3F)c2CSC)cc1. The lowest BCUT2D eigenvalue weighted by Gasteiger charge is -2.09. The number of benzene rings is 2.